The second kappa shape index (κ2) is 15.5. The number of Topliss-reactive ketones (excluding diaryl/α,β-unsaturated/α-hetero) is 1. The molecule has 0 saturated carbocycles. The van der Waals surface area contributed by atoms with Crippen molar-refractivity contribution in [2.45, 2.75) is 38.5 Å². The molecule has 53 heavy (non-hydrogen) atoms. The minimum atomic E-state index is -4.39. The van der Waals surface area contributed by atoms with Crippen LogP contribution in [-0.2, 0) is 39.3 Å². The van der Waals surface area contributed by atoms with Crippen LogP contribution in [0.15, 0.2) is 84.9 Å². The van der Waals surface area contributed by atoms with Crippen LogP contribution in [0, 0.1) is 0 Å². The molecule has 0 aliphatic carbocycles. The number of aryl methyl sites for hydroxylation is 2. The molecule has 6 rings (SSSR count). The molecule has 0 saturated heterocycles. The van der Waals surface area contributed by atoms with Gasteiger partial charge in [0.05, 0.1) is 30.8 Å². The Balaban J connectivity index is 0.000000204. The molecule has 0 fully saturated rings. The van der Waals surface area contributed by atoms with Crippen molar-refractivity contribution < 1.29 is 41.0 Å². The number of alkyl halides is 6. The summed E-state index contributed by atoms with van der Waals surface area (Å²) in [5.41, 5.74) is 3.14. The number of nitrogens with zero attached hydrogens (tertiary/aromatic N) is 8. The summed E-state index contributed by atoms with van der Waals surface area (Å²) in [7, 11) is 3.21. The molecule has 0 spiro atoms. The molecule has 2 heterocycles. The first-order chi connectivity index (χ1) is 25.0. The molecular weight excluding hydrogens is 706 g/mol. The van der Waals surface area contributed by atoms with E-state index in [4.69, 9.17) is 0 Å². The van der Waals surface area contributed by atoms with Crippen LogP contribution in [0.3, 0.4) is 0 Å². The van der Waals surface area contributed by atoms with Crippen LogP contribution in [0.5, 0.6) is 0 Å². The highest BCUT2D eigenvalue weighted by Crippen LogP contribution is 2.32. The second-order valence-electron chi connectivity index (χ2n) is 11.8. The molecule has 0 bridgehead atoms. The van der Waals surface area contributed by atoms with Crippen molar-refractivity contribution in [3.05, 3.63) is 129 Å². The van der Waals surface area contributed by atoms with E-state index in [1.807, 2.05) is 0 Å². The van der Waals surface area contributed by atoms with E-state index in [0.29, 0.717) is 58.5 Å². The molecule has 0 atom stereocenters. The van der Waals surface area contributed by atoms with Gasteiger partial charge in [0.2, 0.25) is 11.6 Å². The number of carbonyl (C=O) groups excluding carboxylic acids is 1. The zero-order chi connectivity index (χ0) is 38.5. The Morgan fingerprint density at radius 1 is 0.623 bits per heavy atom. The number of rotatable bonds is 9. The van der Waals surface area contributed by atoms with Crippen molar-refractivity contribution in [3.63, 3.8) is 0 Å². The number of hydrogen-bond donors (Lipinski definition) is 1. The molecule has 274 valence electrons. The molecule has 0 radical (unpaired) electrons. The number of ketones is 1. The highest BCUT2D eigenvalue weighted by molar-refractivity contribution is 5.97. The lowest BCUT2D eigenvalue weighted by Crippen LogP contribution is -2.05. The summed E-state index contributed by atoms with van der Waals surface area (Å²) in [5, 5.41) is 32.9. The van der Waals surface area contributed by atoms with Crippen LogP contribution in [0.2, 0.25) is 0 Å². The molecule has 0 unspecified atom stereocenters. The first kappa shape index (κ1) is 38.0. The minimum absolute atomic E-state index is 0.0128. The third-order valence-corrected chi connectivity index (χ3v) is 7.96. The van der Waals surface area contributed by atoms with Gasteiger partial charge in [-0.2, -0.15) is 35.9 Å². The zero-order valence-electron chi connectivity index (χ0n) is 28.3. The largest absolute Gasteiger partial charge is 0.478 e. The van der Waals surface area contributed by atoms with Gasteiger partial charge in [-0.1, -0.05) is 49.4 Å². The normalized spacial score (nSPS) is 11.6. The van der Waals surface area contributed by atoms with E-state index < -0.39 is 29.4 Å². The van der Waals surface area contributed by atoms with Crippen LogP contribution in [0.4, 0.5) is 26.3 Å². The number of aromatic nitrogens is 8. The average molecular weight is 737 g/mol. The smallest absolute Gasteiger partial charge is 0.416 e. The van der Waals surface area contributed by atoms with Gasteiger partial charge in [-0.15, -0.1) is 20.4 Å². The number of benzene rings is 4. The fourth-order valence-corrected chi connectivity index (χ4v) is 5.23. The van der Waals surface area contributed by atoms with Gasteiger partial charge in [-0.05, 0) is 88.0 Å². The van der Waals surface area contributed by atoms with Gasteiger partial charge in [-0.25, -0.2) is 4.79 Å². The van der Waals surface area contributed by atoms with Crippen molar-refractivity contribution in [2.24, 2.45) is 14.1 Å². The van der Waals surface area contributed by atoms with E-state index >= 15 is 0 Å². The Morgan fingerprint density at radius 3 is 1.36 bits per heavy atom. The molecule has 11 nitrogen and oxygen atoms in total. The lowest BCUT2D eigenvalue weighted by atomic mass is 9.95. The highest BCUT2D eigenvalue weighted by atomic mass is 19.4. The Bertz CT molecular complexity index is 2230. The maximum Gasteiger partial charge on any atom is 0.416 e. The molecule has 0 amide bonds. The summed E-state index contributed by atoms with van der Waals surface area (Å²) in [5.74, 6) is -0.500. The Morgan fingerprint density at radius 2 is 1.02 bits per heavy atom. The predicted octanol–water partition coefficient (Wildman–Crippen LogP) is 7.26. The standard InChI is InChI=1S/C19H17F3N4O.C17H13F3N4O2/c1-3-17(27)14-7-6-13(16(11-14)18-23-25-26(2)24-18)10-12-4-8-15(9-5-12)19(20,21)22;1-24-22-15(21-23-24)14-9-12(16(25)26)5-4-11(14)8-10-2-6-13(7-3-10)17(18,19)20/h4-9,11H,3,10H2,1-2H3;2-7,9H,8H2,1H3,(H,25,26). The van der Waals surface area contributed by atoms with Crippen LogP contribution >= 0.6 is 0 Å². The fourth-order valence-electron chi connectivity index (χ4n) is 5.23. The Labute approximate surface area is 297 Å². The van der Waals surface area contributed by atoms with E-state index in [9.17, 15) is 41.0 Å². The summed E-state index contributed by atoms with van der Waals surface area (Å²) >= 11 is 0. The topological polar surface area (TPSA) is 142 Å². The SMILES string of the molecule is CCC(=O)c1ccc(Cc2ccc(C(F)(F)F)cc2)c(-c2nnn(C)n2)c1.Cn1nnc(-c2cc(C(=O)O)ccc2Cc2ccc(C(F)(F)F)cc2)n1. The molecule has 1 N–H and O–H groups in total. The maximum atomic E-state index is 12.7. The van der Waals surface area contributed by atoms with Crippen LogP contribution in [0.1, 0.15) is 67.4 Å². The molecule has 4 aromatic carbocycles. The monoisotopic (exact) mass is 736 g/mol. The van der Waals surface area contributed by atoms with Crippen molar-refractivity contribution in [2.75, 3.05) is 0 Å². The number of carboxylic acid groups (broad SMARTS) is 1. The van der Waals surface area contributed by atoms with Crippen LogP contribution in [0.25, 0.3) is 22.8 Å². The average Bonchev–Trinajstić information content (AvgIpc) is 3.76. The number of tetrazole rings is 2. The minimum Gasteiger partial charge on any atom is -0.478 e. The van der Waals surface area contributed by atoms with Gasteiger partial charge in [-0.3, -0.25) is 4.79 Å². The third kappa shape index (κ3) is 9.55. The molecule has 0 aliphatic rings. The lowest BCUT2D eigenvalue weighted by Gasteiger charge is -2.11. The van der Waals surface area contributed by atoms with E-state index in [-0.39, 0.29) is 17.2 Å². The molecule has 2 aromatic heterocycles. The van der Waals surface area contributed by atoms with Crippen LogP contribution in [-0.4, -0.2) is 57.3 Å². The van der Waals surface area contributed by atoms with Gasteiger partial charge in [0, 0.05) is 23.1 Å². The number of carboxylic acids is 1. The highest BCUT2D eigenvalue weighted by Gasteiger charge is 2.31. The fraction of sp³-hybridized carbons (Fsp3) is 0.222. The van der Waals surface area contributed by atoms with E-state index in [2.05, 4.69) is 30.8 Å². The van der Waals surface area contributed by atoms with Gasteiger partial charge < -0.3 is 5.11 Å². The second-order valence-corrected chi connectivity index (χ2v) is 11.8. The first-order valence-corrected chi connectivity index (χ1v) is 15.8. The van der Waals surface area contributed by atoms with Crippen molar-refractivity contribution in [1.82, 2.24) is 40.4 Å². The summed E-state index contributed by atoms with van der Waals surface area (Å²) in [6, 6.07) is 19.5. The van der Waals surface area contributed by atoms with Crippen LogP contribution < -0.4 is 0 Å². The zero-order valence-corrected chi connectivity index (χ0v) is 28.3. The number of carbonyl (C=O) groups is 2. The Kier molecular flexibility index (Phi) is 11.1. The third-order valence-electron chi connectivity index (χ3n) is 7.96. The van der Waals surface area contributed by atoms with E-state index in [1.54, 1.807) is 45.3 Å². The summed E-state index contributed by atoms with van der Waals surface area (Å²) in [4.78, 5) is 25.8. The number of halogens is 6. The number of aromatic carboxylic acids is 1. The van der Waals surface area contributed by atoms with E-state index in [0.717, 1.165) is 29.8 Å². The van der Waals surface area contributed by atoms with Gasteiger partial charge in [0.25, 0.3) is 0 Å². The quantitative estimate of drug-likeness (QED) is 0.120. The number of hydrogen-bond acceptors (Lipinski definition) is 8. The predicted molar refractivity (Wildman–Crippen MR) is 179 cm³/mol. The van der Waals surface area contributed by atoms with Crippen molar-refractivity contribution >= 4 is 11.8 Å². The lowest BCUT2D eigenvalue weighted by molar-refractivity contribution is -0.138. The first-order valence-electron chi connectivity index (χ1n) is 15.8. The van der Waals surface area contributed by atoms with Gasteiger partial charge in [0.1, 0.15) is 0 Å². The summed E-state index contributed by atoms with van der Waals surface area (Å²) in [6.07, 6.45) is -7.71. The maximum absolute atomic E-state index is 12.7. The van der Waals surface area contributed by atoms with Crippen molar-refractivity contribution in [1.29, 1.82) is 0 Å². The molecule has 0 aliphatic heterocycles. The van der Waals surface area contributed by atoms with Gasteiger partial charge >= 0.3 is 18.3 Å². The molecule has 17 heteroatoms. The summed E-state index contributed by atoms with van der Waals surface area (Å²) in [6.45, 7) is 1.78. The molecular formula is C36H30F6N8O3. The molecule has 6 aromatic rings. The Hall–Kier alpha value is -6.26. The van der Waals surface area contributed by atoms with Crippen molar-refractivity contribution in [3.8, 4) is 22.8 Å². The van der Waals surface area contributed by atoms with E-state index in [1.165, 1.54) is 46.0 Å². The summed E-state index contributed by atoms with van der Waals surface area (Å²) < 4.78 is 76.2. The van der Waals surface area contributed by atoms with Gasteiger partial charge in [0.15, 0.2) is 5.78 Å².